The van der Waals surface area contributed by atoms with Crippen molar-refractivity contribution in [1.82, 2.24) is 9.78 Å². The molecule has 1 aromatic heterocycles. The first-order valence-electron chi connectivity index (χ1n) is 6.22. The highest BCUT2D eigenvalue weighted by Crippen LogP contribution is 2.26. The molecule has 0 atom stereocenters. The van der Waals surface area contributed by atoms with E-state index in [4.69, 9.17) is 15.2 Å². The van der Waals surface area contributed by atoms with Crippen molar-refractivity contribution >= 4 is 0 Å². The van der Waals surface area contributed by atoms with Crippen molar-refractivity contribution in [2.24, 2.45) is 5.73 Å². The third-order valence-corrected chi connectivity index (χ3v) is 2.93. The van der Waals surface area contributed by atoms with Gasteiger partial charge < -0.3 is 15.2 Å². The molecule has 0 aliphatic heterocycles. The molecule has 0 bridgehead atoms. The van der Waals surface area contributed by atoms with Gasteiger partial charge in [0.25, 0.3) is 0 Å². The van der Waals surface area contributed by atoms with Crippen LogP contribution in [0.3, 0.4) is 0 Å². The summed E-state index contributed by atoms with van der Waals surface area (Å²) in [5.41, 5.74) is 7.91. The molecule has 102 valence electrons. The van der Waals surface area contributed by atoms with Gasteiger partial charge in [0.15, 0.2) is 5.75 Å². The summed E-state index contributed by atoms with van der Waals surface area (Å²) >= 11 is 0. The van der Waals surface area contributed by atoms with Gasteiger partial charge in [-0.25, -0.2) is 0 Å². The molecular formula is C14H19N3O2. The number of nitrogens with two attached hydrogens (primary N) is 1. The van der Waals surface area contributed by atoms with Crippen LogP contribution in [0.5, 0.6) is 11.5 Å². The highest BCUT2D eigenvalue weighted by atomic mass is 16.5. The molecule has 2 rings (SSSR count). The first-order chi connectivity index (χ1) is 9.24. The third kappa shape index (κ3) is 3.33. The fourth-order valence-corrected chi connectivity index (χ4v) is 1.86. The zero-order valence-corrected chi connectivity index (χ0v) is 11.3. The minimum Gasteiger partial charge on any atom is -0.454 e. The van der Waals surface area contributed by atoms with E-state index in [9.17, 15) is 0 Å². The van der Waals surface area contributed by atoms with E-state index in [2.05, 4.69) is 5.10 Å². The minimum absolute atomic E-state index is 0.458. The maximum absolute atomic E-state index is 5.84. The summed E-state index contributed by atoms with van der Waals surface area (Å²) in [7, 11) is 1.67. The average molecular weight is 261 g/mol. The zero-order valence-electron chi connectivity index (χ0n) is 11.3. The van der Waals surface area contributed by atoms with Crippen LogP contribution < -0.4 is 10.5 Å². The van der Waals surface area contributed by atoms with Crippen LogP contribution in [0.25, 0.3) is 0 Å². The fraction of sp³-hybridized carbons (Fsp3) is 0.357. The largest absolute Gasteiger partial charge is 0.454 e. The van der Waals surface area contributed by atoms with Gasteiger partial charge in [-0.15, -0.1) is 0 Å². The van der Waals surface area contributed by atoms with Crippen LogP contribution in [0.2, 0.25) is 0 Å². The smallest absolute Gasteiger partial charge is 0.165 e. The summed E-state index contributed by atoms with van der Waals surface area (Å²) in [4.78, 5) is 0. The summed E-state index contributed by atoms with van der Waals surface area (Å²) in [5.74, 6) is 1.49. The van der Waals surface area contributed by atoms with E-state index in [1.807, 2.05) is 31.3 Å². The summed E-state index contributed by atoms with van der Waals surface area (Å²) in [6, 6.07) is 5.90. The zero-order chi connectivity index (χ0) is 13.7. The lowest BCUT2D eigenvalue weighted by Gasteiger charge is -2.10. The lowest BCUT2D eigenvalue weighted by molar-refractivity contribution is 0.183. The Morgan fingerprint density at radius 2 is 2.21 bits per heavy atom. The van der Waals surface area contributed by atoms with Crippen LogP contribution in [0, 0.1) is 6.92 Å². The van der Waals surface area contributed by atoms with E-state index in [1.165, 1.54) is 0 Å². The first kappa shape index (κ1) is 13.6. The number of aryl methyl sites for hydroxylation is 1. The number of methoxy groups -OCH3 is 1. The Morgan fingerprint density at radius 1 is 1.37 bits per heavy atom. The van der Waals surface area contributed by atoms with Gasteiger partial charge in [-0.2, -0.15) is 5.10 Å². The van der Waals surface area contributed by atoms with E-state index in [-0.39, 0.29) is 0 Å². The maximum Gasteiger partial charge on any atom is 0.165 e. The highest BCUT2D eigenvalue weighted by Gasteiger charge is 2.07. The molecule has 19 heavy (non-hydrogen) atoms. The Hall–Kier alpha value is -1.85. The third-order valence-electron chi connectivity index (χ3n) is 2.93. The van der Waals surface area contributed by atoms with E-state index >= 15 is 0 Å². The van der Waals surface area contributed by atoms with Crippen molar-refractivity contribution in [2.75, 3.05) is 13.7 Å². The standard InChI is InChI=1S/C14H19N3O2/c1-11-4-3-5-14(13(11)8-15)19-12-9-16-17(10-12)6-7-18-2/h3-5,9-10H,6-8,15H2,1-2H3. The molecule has 1 heterocycles. The number of aromatic nitrogens is 2. The van der Waals surface area contributed by atoms with Crippen molar-refractivity contribution in [2.45, 2.75) is 20.0 Å². The Bertz CT molecular complexity index is 537. The number of hydrogen-bond acceptors (Lipinski definition) is 4. The van der Waals surface area contributed by atoms with Crippen molar-refractivity contribution in [3.63, 3.8) is 0 Å². The Kier molecular flexibility index (Phi) is 4.54. The molecule has 0 fully saturated rings. The normalized spacial score (nSPS) is 10.7. The molecule has 0 aliphatic carbocycles. The predicted molar refractivity (Wildman–Crippen MR) is 73.2 cm³/mol. The first-order valence-corrected chi connectivity index (χ1v) is 6.22. The molecule has 2 aromatic rings. The molecule has 0 saturated heterocycles. The molecule has 1 aromatic carbocycles. The highest BCUT2D eigenvalue weighted by molar-refractivity contribution is 5.41. The number of hydrogen-bond donors (Lipinski definition) is 1. The molecule has 0 radical (unpaired) electrons. The van der Waals surface area contributed by atoms with E-state index in [0.29, 0.717) is 25.4 Å². The van der Waals surface area contributed by atoms with Crippen LogP contribution in [0.4, 0.5) is 0 Å². The van der Waals surface area contributed by atoms with Gasteiger partial charge in [0.2, 0.25) is 0 Å². The number of rotatable bonds is 6. The summed E-state index contributed by atoms with van der Waals surface area (Å²) in [5, 5.41) is 4.21. The molecule has 0 aliphatic rings. The summed E-state index contributed by atoms with van der Waals surface area (Å²) < 4.78 is 12.6. The van der Waals surface area contributed by atoms with Crippen LogP contribution in [0.1, 0.15) is 11.1 Å². The summed E-state index contributed by atoms with van der Waals surface area (Å²) in [6.45, 7) is 3.81. The van der Waals surface area contributed by atoms with Crippen molar-refractivity contribution in [3.8, 4) is 11.5 Å². The van der Waals surface area contributed by atoms with Crippen LogP contribution >= 0.6 is 0 Å². The molecule has 5 heteroatoms. The van der Waals surface area contributed by atoms with E-state index in [1.54, 1.807) is 18.0 Å². The Morgan fingerprint density at radius 3 is 2.95 bits per heavy atom. The SMILES string of the molecule is COCCn1cc(Oc2cccc(C)c2CN)cn1. The van der Waals surface area contributed by atoms with Gasteiger partial charge in [0, 0.05) is 19.2 Å². The van der Waals surface area contributed by atoms with Gasteiger partial charge in [-0.1, -0.05) is 12.1 Å². The molecule has 0 unspecified atom stereocenters. The lowest BCUT2D eigenvalue weighted by atomic mass is 10.1. The van der Waals surface area contributed by atoms with Crippen LogP contribution in [-0.2, 0) is 17.8 Å². The molecule has 5 nitrogen and oxygen atoms in total. The molecule has 0 spiro atoms. The van der Waals surface area contributed by atoms with Gasteiger partial charge in [-0.3, -0.25) is 4.68 Å². The monoisotopic (exact) mass is 261 g/mol. The Balaban J connectivity index is 2.12. The maximum atomic E-state index is 5.84. The topological polar surface area (TPSA) is 62.3 Å². The van der Waals surface area contributed by atoms with E-state index in [0.717, 1.165) is 16.9 Å². The number of ether oxygens (including phenoxy) is 2. The lowest BCUT2D eigenvalue weighted by Crippen LogP contribution is -2.04. The van der Waals surface area contributed by atoms with Crippen molar-refractivity contribution < 1.29 is 9.47 Å². The average Bonchev–Trinajstić information content (AvgIpc) is 2.84. The van der Waals surface area contributed by atoms with E-state index < -0.39 is 0 Å². The molecule has 0 saturated carbocycles. The van der Waals surface area contributed by atoms with Gasteiger partial charge in [-0.05, 0) is 18.6 Å². The Labute approximate surface area is 112 Å². The van der Waals surface area contributed by atoms with Gasteiger partial charge in [0.05, 0.1) is 25.5 Å². The molecule has 0 amide bonds. The van der Waals surface area contributed by atoms with Crippen LogP contribution in [-0.4, -0.2) is 23.5 Å². The van der Waals surface area contributed by atoms with Crippen molar-refractivity contribution in [1.29, 1.82) is 0 Å². The summed E-state index contributed by atoms with van der Waals surface area (Å²) in [6.07, 6.45) is 3.54. The van der Waals surface area contributed by atoms with Crippen LogP contribution in [0.15, 0.2) is 30.6 Å². The minimum atomic E-state index is 0.458. The predicted octanol–water partition coefficient (Wildman–Crippen LogP) is 2.09. The number of benzene rings is 1. The second-order valence-electron chi connectivity index (χ2n) is 4.29. The fourth-order valence-electron chi connectivity index (χ4n) is 1.86. The number of nitrogens with zero attached hydrogens (tertiary/aromatic N) is 2. The van der Waals surface area contributed by atoms with Crippen molar-refractivity contribution in [3.05, 3.63) is 41.7 Å². The molecular weight excluding hydrogens is 242 g/mol. The quantitative estimate of drug-likeness (QED) is 0.865. The molecule has 2 N–H and O–H groups in total. The second kappa shape index (κ2) is 6.36. The van der Waals surface area contributed by atoms with Gasteiger partial charge in [0.1, 0.15) is 5.75 Å². The second-order valence-corrected chi connectivity index (χ2v) is 4.29. The van der Waals surface area contributed by atoms with Gasteiger partial charge >= 0.3 is 0 Å².